The molecule has 0 spiro atoms. The second-order valence-corrected chi connectivity index (χ2v) is 3.77. The number of hydrogen-bond donors (Lipinski definition) is 1. The van der Waals surface area contributed by atoms with E-state index in [0.29, 0.717) is 5.56 Å². The highest BCUT2D eigenvalue weighted by molar-refractivity contribution is 5.58. The van der Waals surface area contributed by atoms with Crippen LogP contribution in [0.15, 0.2) is 41.2 Å². The van der Waals surface area contributed by atoms with Gasteiger partial charge in [-0.3, -0.25) is 0 Å². The van der Waals surface area contributed by atoms with Crippen molar-refractivity contribution in [3.8, 4) is 11.3 Å². The molecule has 19 heavy (non-hydrogen) atoms. The second kappa shape index (κ2) is 4.83. The molecule has 0 saturated heterocycles. The number of hydrogen-bond acceptors (Lipinski definition) is 2. The Morgan fingerprint density at radius 2 is 1.79 bits per heavy atom. The second-order valence-electron chi connectivity index (χ2n) is 3.77. The molecule has 0 aliphatic heterocycles. The van der Waals surface area contributed by atoms with Crippen LogP contribution in [0, 0.1) is 0 Å². The Balaban J connectivity index is 2.56. The molecule has 1 heterocycles. The average Bonchev–Trinajstić information content (AvgIpc) is 2.39. The number of nitrogens with one attached hydrogen (secondary N) is 1. The summed E-state index contributed by atoms with van der Waals surface area (Å²) in [7, 11) is 0. The minimum absolute atomic E-state index is 0.0836. The molecule has 0 bridgehead atoms. The molecule has 2 aromatic rings. The number of alkyl halides is 4. The van der Waals surface area contributed by atoms with Crippen LogP contribution in [0.5, 0.6) is 0 Å². The fraction of sp³-hybridized carbons (Fsp3) is 0.167. The summed E-state index contributed by atoms with van der Waals surface area (Å²) >= 11 is 0. The minimum Gasteiger partial charge on any atom is -0.304 e. The van der Waals surface area contributed by atoms with Crippen LogP contribution in [-0.2, 0) is 5.92 Å². The molecule has 1 aromatic carbocycles. The van der Waals surface area contributed by atoms with Crippen LogP contribution >= 0.6 is 0 Å². The first-order valence-electron chi connectivity index (χ1n) is 5.24. The van der Waals surface area contributed by atoms with Crippen molar-refractivity contribution in [2.45, 2.75) is 12.3 Å². The fourth-order valence-corrected chi connectivity index (χ4v) is 1.51. The number of rotatable bonds is 3. The Kier molecular flexibility index (Phi) is 3.37. The summed E-state index contributed by atoms with van der Waals surface area (Å²) in [5.41, 5.74) is -1.95. The van der Waals surface area contributed by atoms with Crippen molar-refractivity contribution in [3.05, 3.63) is 52.6 Å². The monoisotopic (exact) mass is 272 g/mol. The first kappa shape index (κ1) is 13.3. The highest BCUT2D eigenvalue weighted by Crippen LogP contribution is 2.33. The first-order chi connectivity index (χ1) is 8.91. The summed E-state index contributed by atoms with van der Waals surface area (Å²) < 4.78 is 51.0. The van der Waals surface area contributed by atoms with Gasteiger partial charge in [0.2, 0.25) is 0 Å². The van der Waals surface area contributed by atoms with Gasteiger partial charge in [0.15, 0.2) is 0 Å². The van der Waals surface area contributed by atoms with E-state index in [0.717, 1.165) is 6.07 Å². The van der Waals surface area contributed by atoms with E-state index in [1.807, 2.05) is 0 Å². The lowest BCUT2D eigenvalue weighted by Gasteiger charge is -2.15. The van der Waals surface area contributed by atoms with Crippen molar-refractivity contribution in [1.29, 1.82) is 0 Å². The molecule has 0 aliphatic rings. The molecule has 0 atom stereocenters. The molecule has 100 valence electrons. The summed E-state index contributed by atoms with van der Waals surface area (Å²) in [6.07, 6.45) is -3.91. The van der Waals surface area contributed by atoms with Crippen molar-refractivity contribution in [2.75, 3.05) is 0 Å². The van der Waals surface area contributed by atoms with Gasteiger partial charge in [-0.05, 0) is 6.07 Å². The summed E-state index contributed by atoms with van der Waals surface area (Å²) in [6.45, 7) is 0. The third-order valence-electron chi connectivity index (χ3n) is 2.45. The van der Waals surface area contributed by atoms with E-state index >= 15 is 0 Å². The van der Waals surface area contributed by atoms with Crippen LogP contribution in [0.1, 0.15) is 5.69 Å². The third kappa shape index (κ3) is 2.64. The van der Waals surface area contributed by atoms with Crippen molar-refractivity contribution in [3.63, 3.8) is 0 Å². The standard InChI is InChI=1S/C12H8F4N2O/c13-10(14)12(15,16)9-6-8(17-11(19)18-9)7-4-2-1-3-5-7/h1-6,10H,(H,17,18,19). The molecule has 0 aliphatic carbocycles. The van der Waals surface area contributed by atoms with E-state index in [-0.39, 0.29) is 5.69 Å². The quantitative estimate of drug-likeness (QED) is 0.873. The smallest absolute Gasteiger partial charge is 0.304 e. The lowest BCUT2D eigenvalue weighted by atomic mass is 10.1. The van der Waals surface area contributed by atoms with Crippen LogP contribution < -0.4 is 5.69 Å². The largest absolute Gasteiger partial charge is 0.347 e. The van der Waals surface area contributed by atoms with Crippen LogP contribution in [-0.4, -0.2) is 16.4 Å². The number of benzene rings is 1. The van der Waals surface area contributed by atoms with E-state index in [4.69, 9.17) is 0 Å². The van der Waals surface area contributed by atoms with Gasteiger partial charge < -0.3 is 4.98 Å². The summed E-state index contributed by atoms with van der Waals surface area (Å²) in [4.78, 5) is 16.3. The topological polar surface area (TPSA) is 45.8 Å². The molecule has 0 amide bonds. The van der Waals surface area contributed by atoms with Crippen LogP contribution in [0.4, 0.5) is 17.6 Å². The molecule has 1 N–H and O–H groups in total. The Morgan fingerprint density at radius 1 is 1.16 bits per heavy atom. The fourth-order valence-electron chi connectivity index (χ4n) is 1.51. The highest BCUT2D eigenvalue weighted by atomic mass is 19.3. The maximum absolute atomic E-state index is 13.2. The maximum Gasteiger partial charge on any atom is 0.347 e. The van der Waals surface area contributed by atoms with Gasteiger partial charge in [-0.2, -0.15) is 13.8 Å². The molecular weight excluding hydrogens is 264 g/mol. The van der Waals surface area contributed by atoms with E-state index in [1.54, 1.807) is 23.2 Å². The molecule has 0 saturated carbocycles. The van der Waals surface area contributed by atoms with Gasteiger partial charge in [0.1, 0.15) is 0 Å². The molecule has 2 rings (SSSR count). The molecule has 0 radical (unpaired) electrons. The Labute approximate surface area is 104 Å². The summed E-state index contributed by atoms with van der Waals surface area (Å²) in [6, 6.07) is 8.73. The Hall–Kier alpha value is -2.18. The SMILES string of the molecule is O=c1nc(-c2ccccc2)cc(C(F)(F)C(F)F)[nH]1. The highest BCUT2D eigenvalue weighted by Gasteiger charge is 2.44. The van der Waals surface area contributed by atoms with Crippen LogP contribution in [0.3, 0.4) is 0 Å². The van der Waals surface area contributed by atoms with E-state index in [1.165, 1.54) is 12.1 Å². The molecule has 1 aromatic heterocycles. The van der Waals surface area contributed by atoms with E-state index < -0.39 is 23.7 Å². The predicted octanol–water partition coefficient (Wildman–Crippen LogP) is 2.79. The zero-order valence-electron chi connectivity index (χ0n) is 9.41. The first-order valence-corrected chi connectivity index (χ1v) is 5.24. The molecule has 0 fully saturated rings. The van der Waals surface area contributed by atoms with Gasteiger partial charge in [-0.1, -0.05) is 30.3 Å². The molecule has 3 nitrogen and oxygen atoms in total. The van der Waals surface area contributed by atoms with Gasteiger partial charge in [0.05, 0.1) is 11.4 Å². The van der Waals surface area contributed by atoms with E-state index in [2.05, 4.69) is 4.98 Å². The number of aromatic amines is 1. The Morgan fingerprint density at radius 3 is 2.37 bits per heavy atom. The minimum atomic E-state index is -4.42. The normalized spacial score (nSPS) is 11.8. The number of nitrogens with zero attached hydrogens (tertiary/aromatic N) is 1. The predicted molar refractivity (Wildman–Crippen MR) is 60.2 cm³/mol. The van der Waals surface area contributed by atoms with Crippen LogP contribution in [0.25, 0.3) is 11.3 Å². The summed E-state index contributed by atoms with van der Waals surface area (Å²) in [5, 5.41) is 0. The zero-order chi connectivity index (χ0) is 14.0. The van der Waals surface area contributed by atoms with Gasteiger partial charge in [-0.25, -0.2) is 13.6 Å². The van der Waals surface area contributed by atoms with Crippen molar-refractivity contribution in [1.82, 2.24) is 9.97 Å². The van der Waals surface area contributed by atoms with E-state index in [9.17, 15) is 22.4 Å². The van der Waals surface area contributed by atoms with Crippen molar-refractivity contribution < 1.29 is 17.6 Å². The van der Waals surface area contributed by atoms with Gasteiger partial charge in [0.25, 0.3) is 0 Å². The molecule has 0 unspecified atom stereocenters. The van der Waals surface area contributed by atoms with Crippen molar-refractivity contribution in [2.24, 2.45) is 0 Å². The third-order valence-corrected chi connectivity index (χ3v) is 2.45. The van der Waals surface area contributed by atoms with Gasteiger partial charge in [0, 0.05) is 5.56 Å². The number of halogens is 4. The lowest BCUT2D eigenvalue weighted by molar-refractivity contribution is -0.138. The summed E-state index contributed by atoms with van der Waals surface area (Å²) in [5.74, 6) is -4.42. The van der Waals surface area contributed by atoms with Gasteiger partial charge >= 0.3 is 18.0 Å². The maximum atomic E-state index is 13.2. The van der Waals surface area contributed by atoms with Crippen LogP contribution in [0.2, 0.25) is 0 Å². The molecule has 7 heteroatoms. The number of aromatic nitrogens is 2. The zero-order valence-corrected chi connectivity index (χ0v) is 9.41. The number of H-pyrrole nitrogens is 1. The van der Waals surface area contributed by atoms with Crippen molar-refractivity contribution >= 4 is 0 Å². The lowest BCUT2D eigenvalue weighted by Crippen LogP contribution is -2.28. The Bertz CT molecular complexity index is 625. The van der Waals surface area contributed by atoms with Gasteiger partial charge in [-0.15, -0.1) is 0 Å². The average molecular weight is 272 g/mol. The molecular formula is C12H8F4N2O.